The summed E-state index contributed by atoms with van der Waals surface area (Å²) in [6.45, 7) is 5.77. The molecular weight excluding hydrogens is 226 g/mol. The van der Waals surface area contributed by atoms with Gasteiger partial charge in [-0.3, -0.25) is 9.67 Å². The molecule has 18 heavy (non-hydrogen) atoms. The van der Waals surface area contributed by atoms with E-state index in [1.807, 2.05) is 18.7 Å². The minimum atomic E-state index is 0.629. The van der Waals surface area contributed by atoms with Crippen molar-refractivity contribution >= 4 is 5.96 Å². The van der Waals surface area contributed by atoms with Crippen LogP contribution in [0.2, 0.25) is 0 Å². The predicted octanol–water partition coefficient (Wildman–Crippen LogP) is 1.30. The van der Waals surface area contributed by atoms with E-state index in [2.05, 4.69) is 28.0 Å². The monoisotopic (exact) mass is 249 g/mol. The summed E-state index contributed by atoms with van der Waals surface area (Å²) in [7, 11) is 2.03. The van der Waals surface area contributed by atoms with E-state index in [1.165, 1.54) is 18.5 Å². The lowest BCUT2D eigenvalue weighted by Crippen LogP contribution is -2.35. The standard InChI is InChI=1S/C13H23N5/c1-10-9-11(2)18(16-10)8-4-7-15-13(14)17(3)12-5-6-12/h9,12H,4-8H2,1-3H3,(H2,14,15). The zero-order valence-corrected chi connectivity index (χ0v) is 11.6. The van der Waals surface area contributed by atoms with E-state index < -0.39 is 0 Å². The molecule has 0 aliphatic heterocycles. The number of nitrogens with zero attached hydrogens (tertiary/aromatic N) is 4. The fraction of sp³-hybridized carbons (Fsp3) is 0.692. The molecule has 2 rings (SSSR count). The van der Waals surface area contributed by atoms with Crippen LogP contribution in [0.5, 0.6) is 0 Å². The van der Waals surface area contributed by atoms with Gasteiger partial charge in [0.1, 0.15) is 0 Å². The Hall–Kier alpha value is -1.52. The molecule has 0 radical (unpaired) electrons. The van der Waals surface area contributed by atoms with Gasteiger partial charge in [0.15, 0.2) is 5.96 Å². The van der Waals surface area contributed by atoms with Crippen molar-refractivity contribution in [2.45, 2.75) is 45.7 Å². The van der Waals surface area contributed by atoms with Crippen molar-refractivity contribution < 1.29 is 0 Å². The number of rotatable bonds is 5. The molecule has 5 heteroatoms. The van der Waals surface area contributed by atoms with Gasteiger partial charge in [0.2, 0.25) is 0 Å². The molecule has 1 aromatic rings. The lowest BCUT2D eigenvalue weighted by Gasteiger charge is -2.16. The fourth-order valence-electron chi connectivity index (χ4n) is 2.08. The van der Waals surface area contributed by atoms with Crippen LogP contribution in [-0.4, -0.2) is 40.3 Å². The number of aliphatic imine (C=N–C) groups is 1. The first-order valence-electron chi connectivity index (χ1n) is 6.61. The van der Waals surface area contributed by atoms with E-state index in [4.69, 9.17) is 5.73 Å². The Morgan fingerprint density at radius 1 is 1.56 bits per heavy atom. The number of hydrogen-bond acceptors (Lipinski definition) is 2. The first-order valence-corrected chi connectivity index (χ1v) is 6.61. The zero-order valence-electron chi connectivity index (χ0n) is 11.6. The van der Waals surface area contributed by atoms with Gasteiger partial charge in [0, 0.05) is 31.9 Å². The van der Waals surface area contributed by atoms with Gasteiger partial charge < -0.3 is 10.6 Å². The van der Waals surface area contributed by atoms with Crippen LogP contribution in [0.3, 0.4) is 0 Å². The third kappa shape index (κ3) is 3.24. The average Bonchev–Trinajstić information content (AvgIpc) is 3.11. The smallest absolute Gasteiger partial charge is 0.191 e. The maximum Gasteiger partial charge on any atom is 0.191 e. The van der Waals surface area contributed by atoms with Crippen LogP contribution in [0.4, 0.5) is 0 Å². The van der Waals surface area contributed by atoms with Crippen molar-refractivity contribution in [2.75, 3.05) is 13.6 Å². The van der Waals surface area contributed by atoms with Crippen LogP contribution in [0.15, 0.2) is 11.1 Å². The largest absolute Gasteiger partial charge is 0.370 e. The van der Waals surface area contributed by atoms with Gasteiger partial charge in [-0.25, -0.2) is 0 Å². The molecule has 0 bridgehead atoms. The normalized spacial score (nSPS) is 16.1. The second-order valence-electron chi connectivity index (χ2n) is 5.09. The minimum absolute atomic E-state index is 0.629. The lowest BCUT2D eigenvalue weighted by atomic mass is 10.4. The molecule has 5 nitrogen and oxygen atoms in total. The van der Waals surface area contributed by atoms with Gasteiger partial charge in [0.05, 0.1) is 5.69 Å². The summed E-state index contributed by atoms with van der Waals surface area (Å²) in [6, 6.07) is 2.73. The van der Waals surface area contributed by atoms with E-state index >= 15 is 0 Å². The molecule has 0 aromatic carbocycles. The Morgan fingerprint density at radius 2 is 2.28 bits per heavy atom. The summed E-state index contributed by atoms with van der Waals surface area (Å²) in [6.07, 6.45) is 3.47. The van der Waals surface area contributed by atoms with E-state index in [-0.39, 0.29) is 0 Å². The third-order valence-corrected chi connectivity index (χ3v) is 3.36. The SMILES string of the molecule is Cc1cc(C)n(CCCN=C(N)N(C)C2CC2)n1. The summed E-state index contributed by atoms with van der Waals surface area (Å²) in [5, 5.41) is 4.43. The molecule has 0 atom stereocenters. The first kappa shape index (κ1) is 12.9. The van der Waals surface area contributed by atoms with E-state index in [1.54, 1.807) is 0 Å². The zero-order chi connectivity index (χ0) is 13.1. The van der Waals surface area contributed by atoms with Crippen LogP contribution >= 0.6 is 0 Å². The maximum atomic E-state index is 5.93. The predicted molar refractivity (Wildman–Crippen MR) is 73.6 cm³/mol. The summed E-state index contributed by atoms with van der Waals surface area (Å²) >= 11 is 0. The van der Waals surface area contributed by atoms with Gasteiger partial charge in [-0.15, -0.1) is 0 Å². The highest BCUT2D eigenvalue weighted by atomic mass is 15.3. The molecular formula is C13H23N5. The molecule has 0 amide bonds. The van der Waals surface area contributed by atoms with Crippen molar-refractivity contribution in [1.29, 1.82) is 0 Å². The second kappa shape index (κ2) is 5.42. The van der Waals surface area contributed by atoms with Crippen molar-refractivity contribution in [3.05, 3.63) is 17.5 Å². The van der Waals surface area contributed by atoms with Gasteiger partial charge >= 0.3 is 0 Å². The van der Waals surface area contributed by atoms with Crippen LogP contribution in [0.25, 0.3) is 0 Å². The van der Waals surface area contributed by atoms with Gasteiger partial charge in [-0.1, -0.05) is 0 Å². The first-order chi connectivity index (χ1) is 8.58. The molecule has 100 valence electrons. The maximum absolute atomic E-state index is 5.93. The molecule has 1 aliphatic carbocycles. The Balaban J connectivity index is 1.75. The molecule has 1 heterocycles. The fourth-order valence-corrected chi connectivity index (χ4v) is 2.08. The molecule has 0 unspecified atom stereocenters. The molecule has 1 aromatic heterocycles. The Kier molecular flexibility index (Phi) is 3.89. The second-order valence-corrected chi connectivity index (χ2v) is 5.09. The number of guanidine groups is 1. The molecule has 1 aliphatic rings. The van der Waals surface area contributed by atoms with Gasteiger partial charge in [-0.2, -0.15) is 5.10 Å². The van der Waals surface area contributed by atoms with Crippen LogP contribution in [-0.2, 0) is 6.54 Å². The Labute approximate surface area is 109 Å². The molecule has 0 spiro atoms. The lowest BCUT2D eigenvalue weighted by molar-refractivity contribution is 0.485. The highest BCUT2D eigenvalue weighted by Crippen LogP contribution is 2.24. The molecule has 2 N–H and O–H groups in total. The summed E-state index contributed by atoms with van der Waals surface area (Å²) < 4.78 is 2.03. The van der Waals surface area contributed by atoms with Gasteiger partial charge in [-0.05, 0) is 39.2 Å². The molecule has 1 fully saturated rings. The number of hydrogen-bond donors (Lipinski definition) is 1. The summed E-state index contributed by atoms with van der Waals surface area (Å²) in [4.78, 5) is 6.50. The van der Waals surface area contributed by atoms with Crippen molar-refractivity contribution in [3.63, 3.8) is 0 Å². The highest BCUT2D eigenvalue weighted by Gasteiger charge is 2.27. The number of aryl methyl sites for hydroxylation is 3. The van der Waals surface area contributed by atoms with Crippen LogP contribution in [0, 0.1) is 13.8 Å². The number of aromatic nitrogens is 2. The third-order valence-electron chi connectivity index (χ3n) is 3.36. The average molecular weight is 249 g/mol. The van der Waals surface area contributed by atoms with Crippen LogP contribution in [0.1, 0.15) is 30.7 Å². The van der Waals surface area contributed by atoms with Crippen molar-refractivity contribution in [1.82, 2.24) is 14.7 Å². The van der Waals surface area contributed by atoms with E-state index in [0.717, 1.165) is 25.2 Å². The van der Waals surface area contributed by atoms with Crippen molar-refractivity contribution in [2.24, 2.45) is 10.7 Å². The van der Waals surface area contributed by atoms with Crippen molar-refractivity contribution in [3.8, 4) is 0 Å². The molecule has 0 saturated heterocycles. The van der Waals surface area contributed by atoms with Gasteiger partial charge in [0.25, 0.3) is 0 Å². The Bertz CT molecular complexity index is 431. The van der Waals surface area contributed by atoms with E-state index in [9.17, 15) is 0 Å². The summed E-state index contributed by atoms with van der Waals surface area (Å²) in [5.41, 5.74) is 8.21. The molecule has 1 saturated carbocycles. The quantitative estimate of drug-likeness (QED) is 0.486. The summed E-state index contributed by atoms with van der Waals surface area (Å²) in [5.74, 6) is 0.672. The number of nitrogens with two attached hydrogens (primary N) is 1. The minimum Gasteiger partial charge on any atom is -0.370 e. The highest BCUT2D eigenvalue weighted by molar-refractivity contribution is 5.78. The Morgan fingerprint density at radius 3 is 2.83 bits per heavy atom. The van der Waals surface area contributed by atoms with E-state index in [0.29, 0.717) is 12.0 Å². The topological polar surface area (TPSA) is 59.4 Å². The van der Waals surface area contributed by atoms with Crippen LogP contribution < -0.4 is 5.73 Å².